The lowest BCUT2D eigenvalue weighted by atomic mass is 10.0. The lowest BCUT2D eigenvalue weighted by molar-refractivity contribution is -0.138. The summed E-state index contributed by atoms with van der Waals surface area (Å²) in [5.74, 6) is -1.75. The Labute approximate surface area is 105 Å². The Bertz CT molecular complexity index is 460. The van der Waals surface area contributed by atoms with Gasteiger partial charge in [-0.25, -0.2) is 4.39 Å². The Morgan fingerprint density at radius 1 is 1.39 bits per heavy atom. The number of hydrogen-bond donors (Lipinski definition) is 2. The van der Waals surface area contributed by atoms with E-state index in [0.29, 0.717) is 11.3 Å². The van der Waals surface area contributed by atoms with Gasteiger partial charge < -0.3 is 10.4 Å². The second kappa shape index (κ2) is 6.14. The Balaban J connectivity index is 2.54. The summed E-state index contributed by atoms with van der Waals surface area (Å²) in [7, 11) is 0. The van der Waals surface area contributed by atoms with E-state index in [1.807, 2.05) is 0 Å². The lowest BCUT2D eigenvalue weighted by Crippen LogP contribution is -2.17. The van der Waals surface area contributed by atoms with Gasteiger partial charge in [-0.1, -0.05) is 6.92 Å². The van der Waals surface area contributed by atoms with E-state index in [1.54, 1.807) is 13.8 Å². The van der Waals surface area contributed by atoms with Gasteiger partial charge in [-0.2, -0.15) is 0 Å². The minimum atomic E-state index is -0.923. The number of anilines is 1. The summed E-state index contributed by atoms with van der Waals surface area (Å²) in [6.07, 6.45) is 0.0819. The van der Waals surface area contributed by atoms with Gasteiger partial charge in [-0.3, -0.25) is 9.59 Å². The van der Waals surface area contributed by atoms with Crippen molar-refractivity contribution in [2.75, 3.05) is 5.32 Å². The Kier molecular flexibility index (Phi) is 4.83. The molecule has 2 N–H and O–H groups in total. The van der Waals surface area contributed by atoms with Crippen LogP contribution in [0.15, 0.2) is 18.2 Å². The van der Waals surface area contributed by atoms with E-state index < -0.39 is 5.97 Å². The fourth-order valence-electron chi connectivity index (χ4n) is 1.62. The molecule has 1 rings (SSSR count). The molecule has 0 fully saturated rings. The molecule has 1 atom stereocenters. The molecule has 0 bridgehead atoms. The monoisotopic (exact) mass is 253 g/mol. The number of carboxylic acid groups (broad SMARTS) is 1. The Hall–Kier alpha value is -1.91. The number of nitrogens with one attached hydrogen (secondary N) is 1. The van der Waals surface area contributed by atoms with Crippen LogP contribution in [0, 0.1) is 18.7 Å². The molecule has 1 amide bonds. The van der Waals surface area contributed by atoms with Crippen molar-refractivity contribution >= 4 is 17.6 Å². The number of rotatable bonds is 5. The predicted molar refractivity (Wildman–Crippen MR) is 65.8 cm³/mol. The van der Waals surface area contributed by atoms with Crippen molar-refractivity contribution in [3.63, 3.8) is 0 Å². The second-order valence-electron chi connectivity index (χ2n) is 4.42. The predicted octanol–water partition coefficient (Wildman–Crippen LogP) is 2.57. The van der Waals surface area contributed by atoms with Gasteiger partial charge in [0, 0.05) is 18.5 Å². The first-order chi connectivity index (χ1) is 8.38. The molecule has 18 heavy (non-hydrogen) atoms. The number of aryl methyl sites for hydroxylation is 1. The van der Waals surface area contributed by atoms with E-state index >= 15 is 0 Å². The second-order valence-corrected chi connectivity index (χ2v) is 4.42. The fraction of sp³-hybridized carbons (Fsp3) is 0.385. The first-order valence-corrected chi connectivity index (χ1v) is 5.66. The molecule has 98 valence electrons. The van der Waals surface area contributed by atoms with E-state index in [4.69, 9.17) is 5.11 Å². The number of amides is 1. The summed E-state index contributed by atoms with van der Waals surface area (Å²) in [5.41, 5.74) is 0.966. The maximum absolute atomic E-state index is 13.0. The fourth-order valence-corrected chi connectivity index (χ4v) is 1.62. The Morgan fingerprint density at radius 2 is 2.06 bits per heavy atom. The van der Waals surface area contributed by atoms with Crippen LogP contribution in [0.25, 0.3) is 0 Å². The molecule has 0 spiro atoms. The highest BCUT2D eigenvalue weighted by molar-refractivity contribution is 5.91. The van der Waals surface area contributed by atoms with Gasteiger partial charge in [0.2, 0.25) is 5.91 Å². The van der Waals surface area contributed by atoms with E-state index in [2.05, 4.69) is 5.32 Å². The van der Waals surface area contributed by atoms with Crippen molar-refractivity contribution in [3.8, 4) is 0 Å². The van der Waals surface area contributed by atoms with E-state index in [9.17, 15) is 14.0 Å². The zero-order valence-corrected chi connectivity index (χ0v) is 10.4. The third-order valence-electron chi connectivity index (χ3n) is 2.50. The third kappa shape index (κ3) is 4.53. The van der Waals surface area contributed by atoms with Crippen LogP contribution in [-0.4, -0.2) is 17.0 Å². The molecular weight excluding hydrogens is 237 g/mol. The summed E-state index contributed by atoms with van der Waals surface area (Å²) in [4.78, 5) is 22.1. The highest BCUT2D eigenvalue weighted by Gasteiger charge is 2.13. The summed E-state index contributed by atoms with van der Waals surface area (Å²) in [5, 5.41) is 11.2. The zero-order valence-electron chi connectivity index (χ0n) is 10.4. The number of carbonyl (C=O) groups excluding carboxylic acids is 1. The molecule has 0 radical (unpaired) electrons. The minimum absolute atomic E-state index is 0.0458. The van der Waals surface area contributed by atoms with Crippen molar-refractivity contribution in [1.82, 2.24) is 0 Å². The van der Waals surface area contributed by atoms with Gasteiger partial charge in [0.1, 0.15) is 5.82 Å². The van der Waals surface area contributed by atoms with Crippen molar-refractivity contribution < 1.29 is 19.1 Å². The lowest BCUT2D eigenvalue weighted by Gasteiger charge is -2.10. The van der Waals surface area contributed by atoms with Crippen molar-refractivity contribution in [2.45, 2.75) is 26.7 Å². The van der Waals surface area contributed by atoms with Crippen molar-refractivity contribution in [2.24, 2.45) is 5.92 Å². The van der Waals surface area contributed by atoms with Gasteiger partial charge in [0.15, 0.2) is 0 Å². The minimum Gasteiger partial charge on any atom is -0.481 e. The number of hydrogen-bond acceptors (Lipinski definition) is 2. The molecule has 0 aromatic heterocycles. The summed E-state index contributed by atoms with van der Waals surface area (Å²) < 4.78 is 13.0. The molecule has 4 nitrogen and oxygen atoms in total. The maximum Gasteiger partial charge on any atom is 0.303 e. The van der Waals surface area contributed by atoms with Gasteiger partial charge in [-0.15, -0.1) is 0 Å². The van der Waals surface area contributed by atoms with Crippen LogP contribution in [0.1, 0.15) is 25.3 Å². The van der Waals surface area contributed by atoms with E-state index in [-0.39, 0.29) is 30.5 Å². The average Bonchev–Trinajstić information content (AvgIpc) is 2.21. The first-order valence-electron chi connectivity index (χ1n) is 5.66. The molecule has 0 saturated carbocycles. The van der Waals surface area contributed by atoms with Gasteiger partial charge >= 0.3 is 5.97 Å². The van der Waals surface area contributed by atoms with Gasteiger partial charge in [0.25, 0.3) is 0 Å². The molecule has 1 aromatic carbocycles. The summed E-state index contributed by atoms with van der Waals surface area (Å²) in [6, 6.07) is 4.29. The molecule has 0 aliphatic rings. The van der Waals surface area contributed by atoms with Crippen LogP contribution in [0.3, 0.4) is 0 Å². The quantitative estimate of drug-likeness (QED) is 0.847. The Morgan fingerprint density at radius 3 is 2.61 bits per heavy atom. The van der Waals surface area contributed by atoms with Crippen LogP contribution in [0.2, 0.25) is 0 Å². The van der Waals surface area contributed by atoms with Crippen molar-refractivity contribution in [3.05, 3.63) is 29.6 Å². The summed E-state index contributed by atoms with van der Waals surface area (Å²) >= 11 is 0. The number of aliphatic carboxylic acids is 1. The normalized spacial score (nSPS) is 11.9. The number of benzene rings is 1. The molecule has 0 heterocycles. The number of carbonyl (C=O) groups is 2. The smallest absolute Gasteiger partial charge is 0.303 e. The van der Waals surface area contributed by atoms with Crippen LogP contribution >= 0.6 is 0 Å². The maximum atomic E-state index is 13.0. The van der Waals surface area contributed by atoms with Crippen LogP contribution in [0.4, 0.5) is 10.1 Å². The zero-order chi connectivity index (χ0) is 13.7. The number of carboxylic acids is 1. The third-order valence-corrected chi connectivity index (χ3v) is 2.50. The number of halogens is 1. The van der Waals surface area contributed by atoms with Crippen molar-refractivity contribution in [1.29, 1.82) is 0 Å². The average molecular weight is 253 g/mol. The molecule has 0 aliphatic carbocycles. The largest absolute Gasteiger partial charge is 0.481 e. The molecule has 0 aliphatic heterocycles. The van der Waals surface area contributed by atoms with E-state index in [0.717, 1.165) is 0 Å². The molecular formula is C13H16FNO3. The molecule has 0 saturated heterocycles. The van der Waals surface area contributed by atoms with Crippen LogP contribution in [0.5, 0.6) is 0 Å². The summed E-state index contributed by atoms with van der Waals surface area (Å²) in [6.45, 7) is 3.31. The molecule has 1 aromatic rings. The van der Waals surface area contributed by atoms with Gasteiger partial charge in [-0.05, 0) is 36.6 Å². The standard InChI is InChI=1S/C13H16FNO3/c1-8(6-13(17)18)5-12(16)15-10-3-4-11(14)9(2)7-10/h3-4,7-8H,5-6H2,1-2H3,(H,15,16)(H,17,18). The first kappa shape index (κ1) is 14.2. The highest BCUT2D eigenvalue weighted by atomic mass is 19.1. The molecule has 5 heteroatoms. The van der Waals surface area contributed by atoms with Crippen LogP contribution < -0.4 is 5.32 Å². The molecule has 1 unspecified atom stereocenters. The van der Waals surface area contributed by atoms with Crippen LogP contribution in [-0.2, 0) is 9.59 Å². The topological polar surface area (TPSA) is 66.4 Å². The van der Waals surface area contributed by atoms with Gasteiger partial charge in [0.05, 0.1) is 0 Å². The highest BCUT2D eigenvalue weighted by Crippen LogP contribution is 2.15. The SMILES string of the molecule is Cc1cc(NC(=O)CC(C)CC(=O)O)ccc1F. The van der Waals surface area contributed by atoms with E-state index in [1.165, 1.54) is 18.2 Å².